The van der Waals surface area contributed by atoms with Crippen molar-refractivity contribution in [2.45, 2.75) is 45.8 Å². The van der Waals surface area contributed by atoms with Crippen molar-refractivity contribution in [3.63, 3.8) is 0 Å². The maximum atomic E-state index is 12.6. The van der Waals surface area contributed by atoms with Crippen LogP contribution in [0.5, 0.6) is 0 Å². The Morgan fingerprint density at radius 2 is 1.82 bits per heavy atom. The highest BCUT2D eigenvalue weighted by atomic mass is 16.3. The van der Waals surface area contributed by atoms with Crippen LogP contribution in [0.1, 0.15) is 55.6 Å². The molecule has 1 aromatic carbocycles. The summed E-state index contributed by atoms with van der Waals surface area (Å²) in [6, 6.07) is 7.92. The van der Waals surface area contributed by atoms with E-state index in [1.54, 1.807) is 0 Å². The van der Waals surface area contributed by atoms with E-state index in [1.165, 1.54) is 0 Å². The molecule has 2 rings (SSSR count). The second kappa shape index (κ2) is 7.75. The van der Waals surface area contributed by atoms with E-state index < -0.39 is 6.10 Å². The third kappa shape index (κ3) is 4.08. The van der Waals surface area contributed by atoms with Crippen LogP contribution in [-0.2, 0) is 0 Å². The molecule has 22 heavy (non-hydrogen) atoms. The van der Waals surface area contributed by atoms with E-state index >= 15 is 0 Å². The Balaban J connectivity index is 2.02. The summed E-state index contributed by atoms with van der Waals surface area (Å²) in [7, 11) is 0. The Hall–Kier alpha value is -1.39. The summed E-state index contributed by atoms with van der Waals surface area (Å²) in [6.07, 6.45) is 1.27. The first-order valence-corrected chi connectivity index (χ1v) is 8.34. The molecule has 0 bridgehead atoms. The van der Waals surface area contributed by atoms with E-state index in [9.17, 15) is 9.90 Å². The van der Waals surface area contributed by atoms with Crippen molar-refractivity contribution in [3.8, 4) is 0 Å². The monoisotopic (exact) mass is 304 g/mol. The highest BCUT2D eigenvalue weighted by molar-refractivity contribution is 5.94. The van der Waals surface area contributed by atoms with Gasteiger partial charge in [-0.25, -0.2) is 0 Å². The van der Waals surface area contributed by atoms with Crippen molar-refractivity contribution in [3.05, 3.63) is 35.4 Å². The van der Waals surface area contributed by atoms with Crippen LogP contribution in [0.15, 0.2) is 24.3 Å². The second-order valence-corrected chi connectivity index (χ2v) is 6.32. The molecule has 0 aliphatic carbocycles. The Morgan fingerprint density at radius 1 is 1.14 bits per heavy atom. The second-order valence-electron chi connectivity index (χ2n) is 6.32. The lowest BCUT2D eigenvalue weighted by Crippen LogP contribution is -2.37. The third-order valence-electron chi connectivity index (χ3n) is 4.48. The molecule has 0 spiro atoms. The number of hydrogen-bond donors (Lipinski definition) is 1. The van der Waals surface area contributed by atoms with Crippen molar-refractivity contribution < 1.29 is 9.90 Å². The molecule has 1 fully saturated rings. The number of carbonyl (C=O) groups excluding carboxylic acids is 1. The van der Waals surface area contributed by atoms with Crippen LogP contribution in [-0.4, -0.2) is 53.0 Å². The standard InChI is InChI=1S/C18H28N2O2/c1-4-17(21)15-6-8-16(9-7-15)18(22)20-11-5-10-19(12-13-20)14(2)3/h6-9,14,17,21H,4-5,10-13H2,1-3H3. The maximum absolute atomic E-state index is 12.6. The molecule has 0 saturated carbocycles. The number of hydrogen-bond acceptors (Lipinski definition) is 3. The van der Waals surface area contributed by atoms with E-state index in [2.05, 4.69) is 18.7 Å². The summed E-state index contributed by atoms with van der Waals surface area (Å²) >= 11 is 0. The summed E-state index contributed by atoms with van der Waals surface area (Å²) in [5.74, 6) is 0.100. The van der Waals surface area contributed by atoms with E-state index in [0.29, 0.717) is 18.0 Å². The predicted molar refractivity (Wildman–Crippen MR) is 88.9 cm³/mol. The molecule has 4 nitrogen and oxygen atoms in total. The van der Waals surface area contributed by atoms with Crippen LogP contribution in [0.2, 0.25) is 0 Å². The number of aliphatic hydroxyl groups is 1. The van der Waals surface area contributed by atoms with Crippen LogP contribution in [0, 0.1) is 0 Å². The average molecular weight is 304 g/mol. The zero-order valence-corrected chi connectivity index (χ0v) is 14.0. The van der Waals surface area contributed by atoms with Gasteiger partial charge in [0.15, 0.2) is 0 Å². The van der Waals surface area contributed by atoms with E-state index in [1.807, 2.05) is 36.1 Å². The molecule has 1 aliphatic rings. The number of aliphatic hydroxyl groups excluding tert-OH is 1. The molecule has 0 aromatic heterocycles. The summed E-state index contributed by atoms with van der Waals surface area (Å²) < 4.78 is 0. The lowest BCUT2D eigenvalue weighted by atomic mass is 10.0. The Bertz CT molecular complexity index is 484. The first kappa shape index (κ1) is 17.0. The minimum absolute atomic E-state index is 0.100. The topological polar surface area (TPSA) is 43.8 Å². The molecular formula is C18H28N2O2. The van der Waals surface area contributed by atoms with Gasteiger partial charge in [-0.15, -0.1) is 0 Å². The minimum Gasteiger partial charge on any atom is -0.388 e. The maximum Gasteiger partial charge on any atom is 0.253 e. The van der Waals surface area contributed by atoms with Gasteiger partial charge in [0, 0.05) is 37.8 Å². The number of carbonyl (C=O) groups is 1. The predicted octanol–water partition coefficient (Wildman–Crippen LogP) is 2.69. The minimum atomic E-state index is -0.443. The Kier molecular flexibility index (Phi) is 5.98. The molecule has 1 aliphatic heterocycles. The van der Waals surface area contributed by atoms with Crippen LogP contribution < -0.4 is 0 Å². The van der Waals surface area contributed by atoms with Gasteiger partial charge in [-0.3, -0.25) is 9.69 Å². The van der Waals surface area contributed by atoms with Gasteiger partial charge in [0.2, 0.25) is 0 Å². The van der Waals surface area contributed by atoms with Gasteiger partial charge >= 0.3 is 0 Å². The number of amides is 1. The highest BCUT2D eigenvalue weighted by Gasteiger charge is 2.21. The quantitative estimate of drug-likeness (QED) is 0.930. The number of nitrogens with zero attached hydrogens (tertiary/aromatic N) is 2. The zero-order valence-electron chi connectivity index (χ0n) is 14.0. The molecule has 1 aromatic rings. The van der Waals surface area contributed by atoms with Gasteiger partial charge in [-0.2, -0.15) is 0 Å². The van der Waals surface area contributed by atoms with E-state index in [4.69, 9.17) is 0 Å². The lowest BCUT2D eigenvalue weighted by Gasteiger charge is -2.25. The molecule has 4 heteroatoms. The summed E-state index contributed by atoms with van der Waals surface area (Å²) in [6.45, 7) is 9.96. The van der Waals surface area contributed by atoms with Gasteiger partial charge < -0.3 is 10.0 Å². The Labute approximate surface area is 133 Å². The van der Waals surface area contributed by atoms with Crippen molar-refractivity contribution in [2.75, 3.05) is 26.2 Å². The summed E-state index contributed by atoms with van der Waals surface area (Å²) in [5, 5.41) is 9.82. The van der Waals surface area contributed by atoms with Gasteiger partial charge in [0.05, 0.1) is 6.10 Å². The van der Waals surface area contributed by atoms with Gasteiger partial charge in [0.1, 0.15) is 0 Å². The molecule has 122 valence electrons. The van der Waals surface area contributed by atoms with Gasteiger partial charge in [0.25, 0.3) is 5.91 Å². The SMILES string of the molecule is CCC(O)c1ccc(C(=O)N2CCCN(C(C)C)CC2)cc1. The van der Waals surface area contributed by atoms with Crippen LogP contribution in [0.25, 0.3) is 0 Å². The van der Waals surface area contributed by atoms with E-state index in [0.717, 1.165) is 38.2 Å². The molecule has 1 saturated heterocycles. The molecule has 1 atom stereocenters. The van der Waals surface area contributed by atoms with Gasteiger partial charge in [-0.05, 0) is 44.4 Å². The fourth-order valence-corrected chi connectivity index (χ4v) is 2.92. The van der Waals surface area contributed by atoms with E-state index in [-0.39, 0.29) is 5.91 Å². The molecule has 1 heterocycles. The fourth-order valence-electron chi connectivity index (χ4n) is 2.92. The first-order valence-electron chi connectivity index (χ1n) is 8.34. The van der Waals surface area contributed by atoms with Crippen molar-refractivity contribution in [1.82, 2.24) is 9.80 Å². The summed E-state index contributed by atoms with van der Waals surface area (Å²) in [5.41, 5.74) is 1.59. The molecule has 1 N–H and O–H groups in total. The van der Waals surface area contributed by atoms with Crippen LogP contribution in [0.4, 0.5) is 0 Å². The molecule has 1 unspecified atom stereocenters. The third-order valence-corrected chi connectivity index (χ3v) is 4.48. The van der Waals surface area contributed by atoms with Gasteiger partial charge in [-0.1, -0.05) is 19.1 Å². The number of benzene rings is 1. The average Bonchev–Trinajstić information content (AvgIpc) is 2.79. The zero-order chi connectivity index (χ0) is 16.1. The van der Waals surface area contributed by atoms with Crippen LogP contribution in [0.3, 0.4) is 0 Å². The molecular weight excluding hydrogens is 276 g/mol. The molecule has 0 radical (unpaired) electrons. The first-order chi connectivity index (χ1) is 10.5. The molecule has 1 amide bonds. The lowest BCUT2D eigenvalue weighted by molar-refractivity contribution is 0.0759. The summed E-state index contributed by atoms with van der Waals surface area (Å²) in [4.78, 5) is 17.0. The smallest absolute Gasteiger partial charge is 0.253 e. The fraction of sp³-hybridized carbons (Fsp3) is 0.611. The van der Waals surface area contributed by atoms with Crippen molar-refractivity contribution >= 4 is 5.91 Å². The largest absolute Gasteiger partial charge is 0.388 e. The normalized spacial score (nSPS) is 18.3. The number of rotatable bonds is 4. The van der Waals surface area contributed by atoms with Crippen LogP contribution >= 0.6 is 0 Å². The Morgan fingerprint density at radius 3 is 2.41 bits per heavy atom. The van der Waals surface area contributed by atoms with Crippen molar-refractivity contribution in [1.29, 1.82) is 0 Å². The van der Waals surface area contributed by atoms with Crippen molar-refractivity contribution in [2.24, 2.45) is 0 Å². The highest BCUT2D eigenvalue weighted by Crippen LogP contribution is 2.18.